The Morgan fingerprint density at radius 1 is 1.44 bits per heavy atom. The van der Waals surface area contributed by atoms with Crippen molar-refractivity contribution in [3.63, 3.8) is 0 Å². The molecule has 0 bridgehead atoms. The summed E-state index contributed by atoms with van der Waals surface area (Å²) < 4.78 is 18.5. The highest BCUT2D eigenvalue weighted by molar-refractivity contribution is 6.03. The largest absolute Gasteiger partial charge is 0.459 e. The summed E-state index contributed by atoms with van der Waals surface area (Å²) >= 11 is 0. The number of anilines is 1. The van der Waals surface area contributed by atoms with Crippen molar-refractivity contribution in [3.05, 3.63) is 53.2 Å². The van der Waals surface area contributed by atoms with Gasteiger partial charge in [0.2, 0.25) is 0 Å². The van der Waals surface area contributed by atoms with Crippen LogP contribution in [0.1, 0.15) is 21.7 Å². The van der Waals surface area contributed by atoms with Gasteiger partial charge < -0.3 is 9.73 Å². The lowest BCUT2D eigenvalue weighted by Crippen LogP contribution is -2.13. The number of aryl methyl sites for hydroxylation is 1. The summed E-state index contributed by atoms with van der Waals surface area (Å²) in [6, 6.07) is 7.28. The second-order valence-corrected chi connectivity index (χ2v) is 3.69. The van der Waals surface area contributed by atoms with Gasteiger partial charge >= 0.3 is 0 Å². The number of rotatable bonds is 2. The van der Waals surface area contributed by atoms with Crippen molar-refractivity contribution in [1.29, 1.82) is 5.26 Å². The first-order valence-corrected chi connectivity index (χ1v) is 5.17. The molecule has 0 radical (unpaired) electrons. The number of hydrogen-bond acceptors (Lipinski definition) is 3. The van der Waals surface area contributed by atoms with Crippen molar-refractivity contribution in [2.24, 2.45) is 0 Å². The summed E-state index contributed by atoms with van der Waals surface area (Å²) in [4.78, 5) is 11.8. The van der Waals surface area contributed by atoms with Crippen LogP contribution in [-0.2, 0) is 0 Å². The fraction of sp³-hybridized carbons (Fsp3) is 0.0769. The molecular weight excluding hydrogens is 235 g/mol. The molecule has 0 aliphatic heterocycles. The third-order valence-corrected chi connectivity index (χ3v) is 2.41. The van der Waals surface area contributed by atoms with Gasteiger partial charge in [-0.3, -0.25) is 4.79 Å². The minimum atomic E-state index is -0.661. The van der Waals surface area contributed by atoms with Crippen LogP contribution >= 0.6 is 0 Å². The topological polar surface area (TPSA) is 66.0 Å². The summed E-state index contributed by atoms with van der Waals surface area (Å²) in [6.45, 7) is 1.72. The lowest BCUT2D eigenvalue weighted by atomic mass is 10.2. The van der Waals surface area contributed by atoms with E-state index in [-0.39, 0.29) is 17.0 Å². The van der Waals surface area contributed by atoms with Crippen LogP contribution in [0.3, 0.4) is 0 Å². The van der Waals surface area contributed by atoms with Crippen LogP contribution in [0.25, 0.3) is 0 Å². The molecule has 90 valence electrons. The number of carbonyl (C=O) groups is 1. The normalized spacial score (nSPS) is 9.83. The van der Waals surface area contributed by atoms with Gasteiger partial charge in [-0.2, -0.15) is 5.26 Å². The monoisotopic (exact) mass is 244 g/mol. The highest BCUT2D eigenvalue weighted by atomic mass is 19.1. The quantitative estimate of drug-likeness (QED) is 0.883. The van der Waals surface area contributed by atoms with Gasteiger partial charge in [0.1, 0.15) is 5.82 Å². The minimum Gasteiger partial charge on any atom is -0.459 e. The average Bonchev–Trinajstić information content (AvgIpc) is 2.78. The maximum absolute atomic E-state index is 13.5. The Hall–Kier alpha value is -2.61. The number of halogens is 1. The summed E-state index contributed by atoms with van der Waals surface area (Å²) in [7, 11) is 0. The zero-order chi connectivity index (χ0) is 13.1. The number of furan rings is 1. The summed E-state index contributed by atoms with van der Waals surface area (Å²) in [6.07, 6.45) is 1.39. The summed E-state index contributed by atoms with van der Waals surface area (Å²) in [5, 5.41) is 11.0. The molecule has 1 heterocycles. The second kappa shape index (κ2) is 4.72. The predicted molar refractivity (Wildman–Crippen MR) is 62.5 cm³/mol. The lowest BCUT2D eigenvalue weighted by molar-refractivity contribution is 0.0995. The molecule has 0 atom stereocenters. The molecule has 1 aromatic carbocycles. The van der Waals surface area contributed by atoms with Crippen LogP contribution in [-0.4, -0.2) is 5.91 Å². The SMILES string of the molecule is Cc1ccoc1C(=O)Nc1ccc(C#N)cc1F. The predicted octanol–water partition coefficient (Wildman–Crippen LogP) is 2.85. The molecule has 4 nitrogen and oxygen atoms in total. The van der Waals surface area contributed by atoms with Crippen molar-refractivity contribution in [1.82, 2.24) is 0 Å². The van der Waals surface area contributed by atoms with Gasteiger partial charge in [0, 0.05) is 5.56 Å². The molecule has 2 rings (SSSR count). The van der Waals surface area contributed by atoms with Crippen molar-refractivity contribution in [2.75, 3.05) is 5.32 Å². The minimum absolute atomic E-state index is 0.00907. The molecule has 0 unspecified atom stereocenters. The molecule has 0 fully saturated rings. The van der Waals surface area contributed by atoms with Crippen LogP contribution in [0.2, 0.25) is 0 Å². The van der Waals surface area contributed by atoms with Gasteiger partial charge in [-0.1, -0.05) is 0 Å². The number of nitrogens with one attached hydrogen (secondary N) is 1. The Kier molecular flexibility index (Phi) is 3.11. The third-order valence-electron chi connectivity index (χ3n) is 2.41. The number of nitrogens with zero attached hydrogens (tertiary/aromatic N) is 1. The first kappa shape index (κ1) is 11.9. The number of hydrogen-bond donors (Lipinski definition) is 1. The van der Waals surface area contributed by atoms with E-state index in [1.807, 2.05) is 6.07 Å². The van der Waals surface area contributed by atoms with E-state index in [9.17, 15) is 9.18 Å². The van der Waals surface area contributed by atoms with Gasteiger partial charge in [-0.25, -0.2) is 4.39 Å². The van der Waals surface area contributed by atoms with E-state index >= 15 is 0 Å². The second-order valence-electron chi connectivity index (χ2n) is 3.69. The Morgan fingerprint density at radius 2 is 2.22 bits per heavy atom. The number of amides is 1. The molecule has 0 saturated heterocycles. The maximum Gasteiger partial charge on any atom is 0.291 e. The molecule has 0 aliphatic carbocycles. The van der Waals surface area contributed by atoms with Gasteiger partial charge in [-0.05, 0) is 31.2 Å². The fourth-order valence-corrected chi connectivity index (χ4v) is 1.47. The highest BCUT2D eigenvalue weighted by Gasteiger charge is 2.14. The van der Waals surface area contributed by atoms with E-state index in [0.717, 1.165) is 6.07 Å². The number of benzene rings is 1. The zero-order valence-electron chi connectivity index (χ0n) is 9.53. The zero-order valence-corrected chi connectivity index (χ0v) is 9.53. The van der Waals surface area contributed by atoms with E-state index < -0.39 is 11.7 Å². The number of carbonyl (C=O) groups excluding carboxylic acids is 1. The summed E-state index contributed by atoms with van der Waals surface area (Å²) in [5.74, 6) is -1.05. The number of nitriles is 1. The van der Waals surface area contributed by atoms with E-state index in [2.05, 4.69) is 5.32 Å². The van der Waals surface area contributed by atoms with Crippen molar-refractivity contribution < 1.29 is 13.6 Å². The van der Waals surface area contributed by atoms with Gasteiger partial charge in [-0.15, -0.1) is 0 Å². The smallest absolute Gasteiger partial charge is 0.291 e. The van der Waals surface area contributed by atoms with Gasteiger partial charge in [0.05, 0.1) is 23.6 Å². The first-order valence-electron chi connectivity index (χ1n) is 5.17. The maximum atomic E-state index is 13.5. The third kappa shape index (κ3) is 2.23. The molecule has 1 amide bonds. The Labute approximate surface area is 103 Å². The Balaban J connectivity index is 2.23. The molecule has 18 heavy (non-hydrogen) atoms. The van der Waals surface area contributed by atoms with E-state index in [0.29, 0.717) is 5.56 Å². The lowest BCUT2D eigenvalue weighted by Gasteiger charge is -2.05. The van der Waals surface area contributed by atoms with Gasteiger partial charge in [0.15, 0.2) is 5.76 Å². The van der Waals surface area contributed by atoms with Crippen LogP contribution in [0.4, 0.5) is 10.1 Å². The van der Waals surface area contributed by atoms with E-state index in [4.69, 9.17) is 9.68 Å². The average molecular weight is 244 g/mol. The van der Waals surface area contributed by atoms with Crippen molar-refractivity contribution in [3.8, 4) is 6.07 Å². The molecule has 0 saturated carbocycles. The first-order chi connectivity index (χ1) is 8.61. The molecule has 1 aromatic heterocycles. The van der Waals surface area contributed by atoms with Crippen LogP contribution < -0.4 is 5.32 Å². The van der Waals surface area contributed by atoms with Crippen LogP contribution in [0.5, 0.6) is 0 Å². The van der Waals surface area contributed by atoms with Crippen LogP contribution in [0, 0.1) is 24.1 Å². The van der Waals surface area contributed by atoms with E-state index in [1.54, 1.807) is 13.0 Å². The molecule has 2 aromatic rings. The Bertz CT molecular complexity index is 641. The fourth-order valence-electron chi connectivity index (χ4n) is 1.47. The molecule has 5 heteroatoms. The molecular formula is C13H9FN2O2. The molecule has 1 N–H and O–H groups in total. The summed E-state index contributed by atoms with van der Waals surface area (Å²) in [5.41, 5.74) is 0.871. The van der Waals surface area contributed by atoms with Crippen molar-refractivity contribution >= 4 is 11.6 Å². The highest BCUT2D eigenvalue weighted by Crippen LogP contribution is 2.17. The Morgan fingerprint density at radius 3 is 2.78 bits per heavy atom. The molecule has 0 aliphatic rings. The van der Waals surface area contributed by atoms with Crippen LogP contribution in [0.15, 0.2) is 34.9 Å². The molecule has 0 spiro atoms. The van der Waals surface area contributed by atoms with Gasteiger partial charge in [0.25, 0.3) is 5.91 Å². The van der Waals surface area contributed by atoms with Crippen molar-refractivity contribution in [2.45, 2.75) is 6.92 Å². The van der Waals surface area contributed by atoms with E-state index in [1.165, 1.54) is 18.4 Å². The standard InChI is InChI=1S/C13H9FN2O2/c1-8-4-5-18-12(8)13(17)16-11-3-2-9(7-15)6-10(11)14/h2-6H,1H3,(H,16,17).